The highest BCUT2D eigenvalue weighted by molar-refractivity contribution is 6.66. The average Bonchev–Trinajstić information content (AvgIpc) is 2.59. The standard InChI is InChI=1S/C15H21F5N2O3Si/c1-4-24-26(3,25-5-2)8-6-7-21-15(23)22-14-12(19)10(17)9(16)11(18)13(14)20/h4-8H2,1-3H3,(H2,21,22,23). The summed E-state index contributed by atoms with van der Waals surface area (Å²) in [6.07, 6.45) is 0.452. The third-order valence-electron chi connectivity index (χ3n) is 3.44. The summed E-state index contributed by atoms with van der Waals surface area (Å²) in [7, 11) is -2.37. The van der Waals surface area contributed by atoms with Crippen LogP contribution in [0.3, 0.4) is 0 Å². The molecule has 0 spiro atoms. The van der Waals surface area contributed by atoms with E-state index in [1.54, 1.807) is 5.32 Å². The number of anilines is 1. The average molecular weight is 400 g/mol. The minimum atomic E-state index is -2.37. The molecule has 1 aromatic carbocycles. The molecule has 0 aliphatic heterocycles. The van der Waals surface area contributed by atoms with Crippen LogP contribution in [0.1, 0.15) is 20.3 Å². The molecular formula is C15H21F5N2O3Si. The van der Waals surface area contributed by atoms with Crippen LogP contribution in [0, 0.1) is 29.1 Å². The van der Waals surface area contributed by atoms with E-state index >= 15 is 0 Å². The van der Waals surface area contributed by atoms with Gasteiger partial charge in [0.25, 0.3) is 0 Å². The molecule has 0 saturated heterocycles. The summed E-state index contributed by atoms with van der Waals surface area (Å²) in [5.41, 5.74) is -1.40. The molecule has 0 saturated carbocycles. The molecule has 0 aromatic heterocycles. The highest BCUT2D eigenvalue weighted by atomic mass is 28.4. The van der Waals surface area contributed by atoms with Crippen LogP contribution in [-0.4, -0.2) is 34.4 Å². The second-order valence-corrected chi connectivity index (χ2v) is 8.77. The first-order valence-electron chi connectivity index (χ1n) is 8.01. The second-order valence-electron chi connectivity index (χ2n) is 5.43. The first-order chi connectivity index (χ1) is 12.2. The van der Waals surface area contributed by atoms with Gasteiger partial charge in [-0.3, -0.25) is 0 Å². The predicted octanol–water partition coefficient (Wildman–Crippen LogP) is 4.04. The maximum atomic E-state index is 13.5. The van der Waals surface area contributed by atoms with Crippen molar-refractivity contribution in [3.8, 4) is 0 Å². The third-order valence-corrected chi connectivity index (χ3v) is 6.50. The fourth-order valence-electron chi connectivity index (χ4n) is 2.28. The lowest BCUT2D eigenvalue weighted by Crippen LogP contribution is -2.40. The molecule has 11 heteroatoms. The van der Waals surface area contributed by atoms with Crippen molar-refractivity contribution in [2.45, 2.75) is 32.9 Å². The largest absolute Gasteiger partial charge is 0.395 e. The van der Waals surface area contributed by atoms with Crippen LogP contribution in [-0.2, 0) is 8.85 Å². The van der Waals surface area contributed by atoms with Gasteiger partial charge < -0.3 is 19.5 Å². The Morgan fingerprint density at radius 3 is 1.85 bits per heavy atom. The Hall–Kier alpha value is -1.72. The van der Waals surface area contributed by atoms with Crippen molar-refractivity contribution >= 4 is 20.3 Å². The molecule has 148 valence electrons. The molecule has 0 radical (unpaired) electrons. The Morgan fingerprint density at radius 2 is 1.38 bits per heavy atom. The summed E-state index contributed by atoms with van der Waals surface area (Å²) in [5.74, 6) is -10.8. The van der Waals surface area contributed by atoms with Gasteiger partial charge in [-0.05, 0) is 32.9 Å². The number of amides is 2. The molecule has 0 heterocycles. The van der Waals surface area contributed by atoms with E-state index in [0.29, 0.717) is 25.7 Å². The number of carbonyl (C=O) groups is 1. The summed E-state index contributed by atoms with van der Waals surface area (Å²) in [6, 6.07) is -0.540. The summed E-state index contributed by atoms with van der Waals surface area (Å²) >= 11 is 0. The Kier molecular flexibility index (Phi) is 8.44. The van der Waals surface area contributed by atoms with Gasteiger partial charge in [-0.15, -0.1) is 0 Å². The van der Waals surface area contributed by atoms with Gasteiger partial charge in [0.05, 0.1) is 0 Å². The Labute approximate surface area is 149 Å². The zero-order chi connectivity index (χ0) is 19.9. The number of benzene rings is 1. The number of nitrogens with one attached hydrogen (secondary N) is 2. The number of carbonyl (C=O) groups excluding carboxylic acids is 1. The molecule has 0 unspecified atom stereocenters. The molecule has 0 aliphatic rings. The van der Waals surface area contributed by atoms with Gasteiger partial charge in [-0.2, -0.15) is 0 Å². The van der Waals surface area contributed by atoms with Crippen molar-refractivity contribution in [3.05, 3.63) is 29.1 Å². The van der Waals surface area contributed by atoms with Gasteiger partial charge in [0.1, 0.15) is 5.69 Å². The smallest absolute Gasteiger partial charge is 0.334 e. The van der Waals surface area contributed by atoms with Gasteiger partial charge >= 0.3 is 14.6 Å². The van der Waals surface area contributed by atoms with Crippen molar-refractivity contribution in [1.29, 1.82) is 0 Å². The molecule has 0 fully saturated rings. The van der Waals surface area contributed by atoms with E-state index in [4.69, 9.17) is 8.85 Å². The lowest BCUT2D eigenvalue weighted by atomic mass is 10.2. The topological polar surface area (TPSA) is 59.6 Å². The van der Waals surface area contributed by atoms with E-state index in [1.807, 2.05) is 20.4 Å². The van der Waals surface area contributed by atoms with Gasteiger partial charge in [-0.25, -0.2) is 26.7 Å². The monoisotopic (exact) mass is 400 g/mol. The van der Waals surface area contributed by atoms with Crippen LogP contribution < -0.4 is 10.6 Å². The van der Waals surface area contributed by atoms with Crippen LogP contribution in [0.5, 0.6) is 0 Å². The van der Waals surface area contributed by atoms with Gasteiger partial charge in [0.2, 0.25) is 5.82 Å². The molecule has 1 aromatic rings. The molecule has 5 nitrogen and oxygen atoms in total. The quantitative estimate of drug-likeness (QED) is 0.216. The molecule has 1 rings (SSSR count). The van der Waals surface area contributed by atoms with Crippen LogP contribution in [0.15, 0.2) is 0 Å². The fraction of sp³-hybridized carbons (Fsp3) is 0.533. The minimum absolute atomic E-state index is 0.101. The third kappa shape index (κ3) is 5.64. The first-order valence-corrected chi connectivity index (χ1v) is 10.5. The Bertz CT molecular complexity index is 613. The molecule has 0 aliphatic carbocycles. The van der Waals surface area contributed by atoms with Crippen LogP contribution in [0.25, 0.3) is 0 Å². The SMILES string of the molecule is CCO[Si](C)(CCCNC(=O)Nc1c(F)c(F)c(F)c(F)c1F)OCC. The Balaban J connectivity index is 2.61. The number of halogens is 5. The molecule has 2 N–H and O–H groups in total. The molecule has 0 bridgehead atoms. The van der Waals surface area contributed by atoms with E-state index in [0.717, 1.165) is 0 Å². The number of urea groups is 1. The maximum Gasteiger partial charge on any atom is 0.334 e. The molecule has 2 amide bonds. The van der Waals surface area contributed by atoms with Crippen LogP contribution >= 0.6 is 0 Å². The van der Waals surface area contributed by atoms with Crippen LogP contribution in [0.4, 0.5) is 32.4 Å². The first kappa shape index (κ1) is 22.3. The maximum absolute atomic E-state index is 13.5. The number of hydrogen-bond acceptors (Lipinski definition) is 3. The zero-order valence-electron chi connectivity index (χ0n) is 14.7. The zero-order valence-corrected chi connectivity index (χ0v) is 15.7. The molecule has 0 atom stereocenters. The van der Waals surface area contributed by atoms with E-state index in [-0.39, 0.29) is 6.54 Å². The summed E-state index contributed by atoms with van der Waals surface area (Å²) in [5, 5.41) is 3.92. The summed E-state index contributed by atoms with van der Waals surface area (Å²) in [6.45, 7) is 6.60. The fourth-order valence-corrected chi connectivity index (χ4v) is 4.69. The lowest BCUT2D eigenvalue weighted by Gasteiger charge is -2.25. The number of hydrogen-bond donors (Lipinski definition) is 2. The summed E-state index contributed by atoms with van der Waals surface area (Å²) < 4.78 is 77.3. The van der Waals surface area contributed by atoms with Crippen molar-refractivity contribution in [3.63, 3.8) is 0 Å². The van der Waals surface area contributed by atoms with Gasteiger partial charge in [-0.1, -0.05) is 0 Å². The highest BCUT2D eigenvalue weighted by Crippen LogP contribution is 2.27. The van der Waals surface area contributed by atoms with E-state index in [1.165, 1.54) is 0 Å². The van der Waals surface area contributed by atoms with Gasteiger partial charge in [0.15, 0.2) is 23.3 Å². The minimum Gasteiger partial charge on any atom is -0.395 e. The Morgan fingerprint density at radius 1 is 0.923 bits per heavy atom. The van der Waals surface area contributed by atoms with Crippen molar-refractivity contribution in [1.82, 2.24) is 5.32 Å². The second kappa shape index (κ2) is 9.83. The van der Waals surface area contributed by atoms with Gasteiger partial charge in [0, 0.05) is 19.8 Å². The van der Waals surface area contributed by atoms with Crippen molar-refractivity contribution in [2.75, 3.05) is 25.1 Å². The lowest BCUT2D eigenvalue weighted by molar-refractivity contribution is 0.188. The van der Waals surface area contributed by atoms with Crippen molar-refractivity contribution in [2.24, 2.45) is 0 Å². The molecule has 26 heavy (non-hydrogen) atoms. The highest BCUT2D eigenvalue weighted by Gasteiger charge is 2.30. The predicted molar refractivity (Wildman–Crippen MR) is 87.5 cm³/mol. The normalized spacial score (nSPS) is 11.5. The number of rotatable bonds is 9. The molecular weight excluding hydrogens is 379 g/mol. The van der Waals surface area contributed by atoms with E-state index in [2.05, 4.69) is 5.32 Å². The van der Waals surface area contributed by atoms with Crippen LogP contribution in [0.2, 0.25) is 12.6 Å². The van der Waals surface area contributed by atoms with Crippen molar-refractivity contribution < 1.29 is 35.6 Å². The van der Waals surface area contributed by atoms with E-state index in [9.17, 15) is 26.7 Å². The summed E-state index contributed by atoms with van der Waals surface area (Å²) in [4.78, 5) is 11.7. The van der Waals surface area contributed by atoms with E-state index < -0.39 is 49.4 Å².